The Kier molecular flexibility index (Phi) is 1.26. The Morgan fingerprint density at radius 3 is 2.00 bits per heavy atom. The average molecular weight is 153 g/mol. The molecule has 2 saturated carbocycles. The van der Waals surface area contributed by atoms with Crippen LogP contribution < -0.4 is 5.73 Å². The largest absolute Gasteiger partial charge is 0.325 e. The van der Waals surface area contributed by atoms with E-state index >= 15 is 0 Å². The highest BCUT2D eigenvalue weighted by Crippen LogP contribution is 2.60. The van der Waals surface area contributed by atoms with Crippen LogP contribution in [0.3, 0.4) is 0 Å². The maximum absolute atomic E-state index is 6.24. The van der Waals surface area contributed by atoms with E-state index in [2.05, 4.69) is 20.8 Å². The summed E-state index contributed by atoms with van der Waals surface area (Å²) >= 11 is 0. The minimum absolute atomic E-state index is 0.145. The number of nitrogens with two attached hydrogens (primary N) is 1. The summed E-state index contributed by atoms with van der Waals surface area (Å²) in [5.41, 5.74) is 6.92. The summed E-state index contributed by atoms with van der Waals surface area (Å²) in [5, 5.41) is 0. The van der Waals surface area contributed by atoms with Crippen LogP contribution in [0.4, 0.5) is 0 Å². The monoisotopic (exact) mass is 153 g/mol. The lowest BCUT2D eigenvalue weighted by atomic mass is 9.78. The van der Waals surface area contributed by atoms with Gasteiger partial charge in [0.1, 0.15) is 0 Å². The summed E-state index contributed by atoms with van der Waals surface area (Å²) in [6, 6.07) is 0. The molecule has 2 bridgehead atoms. The second kappa shape index (κ2) is 1.82. The molecule has 0 aromatic carbocycles. The molecule has 1 nitrogen and oxygen atoms in total. The molecule has 0 radical (unpaired) electrons. The maximum atomic E-state index is 6.24. The van der Waals surface area contributed by atoms with E-state index in [0.29, 0.717) is 5.41 Å². The fraction of sp³-hybridized carbons (Fsp3) is 1.00. The van der Waals surface area contributed by atoms with Gasteiger partial charge in [0.05, 0.1) is 0 Å². The summed E-state index contributed by atoms with van der Waals surface area (Å²) in [6.07, 6.45) is 4.04. The van der Waals surface area contributed by atoms with Crippen molar-refractivity contribution in [2.75, 3.05) is 0 Å². The quantitative estimate of drug-likeness (QED) is 0.567. The van der Waals surface area contributed by atoms with Gasteiger partial charge in [-0.1, -0.05) is 13.8 Å². The Morgan fingerprint density at radius 2 is 1.82 bits per heavy atom. The Morgan fingerprint density at radius 1 is 1.18 bits per heavy atom. The molecule has 1 heteroatoms. The van der Waals surface area contributed by atoms with E-state index in [-0.39, 0.29) is 5.54 Å². The SMILES string of the molecule is CC1(C)[C@@H]2CC[C@H]1[C@@](C)(N)C2. The van der Waals surface area contributed by atoms with Crippen molar-refractivity contribution >= 4 is 0 Å². The van der Waals surface area contributed by atoms with Crippen molar-refractivity contribution in [1.82, 2.24) is 0 Å². The van der Waals surface area contributed by atoms with Crippen LogP contribution in [0.1, 0.15) is 40.0 Å². The molecule has 0 aliphatic heterocycles. The lowest BCUT2D eigenvalue weighted by Crippen LogP contribution is -2.43. The summed E-state index contributed by atoms with van der Waals surface area (Å²) in [4.78, 5) is 0. The van der Waals surface area contributed by atoms with Crippen LogP contribution in [-0.4, -0.2) is 5.54 Å². The van der Waals surface area contributed by atoms with Crippen LogP contribution in [-0.2, 0) is 0 Å². The van der Waals surface area contributed by atoms with Gasteiger partial charge in [-0.15, -0.1) is 0 Å². The van der Waals surface area contributed by atoms with Gasteiger partial charge in [-0.25, -0.2) is 0 Å². The third-order valence-electron chi connectivity index (χ3n) is 4.24. The lowest BCUT2D eigenvalue weighted by molar-refractivity contribution is 0.221. The first kappa shape index (κ1) is 7.60. The molecule has 0 saturated heterocycles. The molecule has 2 N–H and O–H groups in total. The van der Waals surface area contributed by atoms with Gasteiger partial charge in [0, 0.05) is 5.54 Å². The van der Waals surface area contributed by atoms with Gasteiger partial charge in [-0.3, -0.25) is 0 Å². The van der Waals surface area contributed by atoms with Gasteiger partial charge < -0.3 is 5.73 Å². The Hall–Kier alpha value is -0.0400. The Balaban J connectivity index is 2.33. The van der Waals surface area contributed by atoms with E-state index in [1.807, 2.05) is 0 Å². The van der Waals surface area contributed by atoms with Crippen molar-refractivity contribution < 1.29 is 0 Å². The van der Waals surface area contributed by atoms with E-state index < -0.39 is 0 Å². The molecule has 3 atom stereocenters. The molecule has 0 heterocycles. The minimum atomic E-state index is 0.145. The van der Waals surface area contributed by atoms with Crippen LogP contribution in [0.2, 0.25) is 0 Å². The maximum Gasteiger partial charge on any atom is 0.0162 e. The number of hydrogen-bond acceptors (Lipinski definition) is 1. The summed E-state index contributed by atoms with van der Waals surface area (Å²) in [6.45, 7) is 7.03. The molecule has 2 fully saturated rings. The molecule has 0 spiro atoms. The number of fused-ring (bicyclic) bond motifs is 2. The predicted octanol–water partition coefficient (Wildman–Crippen LogP) is 2.16. The molecule has 2 aliphatic rings. The first-order valence-corrected chi connectivity index (χ1v) is 4.73. The summed E-state index contributed by atoms with van der Waals surface area (Å²) in [5.74, 6) is 1.68. The van der Waals surface area contributed by atoms with Gasteiger partial charge in [-0.05, 0) is 43.4 Å². The van der Waals surface area contributed by atoms with Gasteiger partial charge in [0.2, 0.25) is 0 Å². The van der Waals surface area contributed by atoms with E-state index in [1.165, 1.54) is 19.3 Å². The molecule has 2 rings (SSSR count). The first-order valence-electron chi connectivity index (χ1n) is 4.73. The normalized spacial score (nSPS) is 53.5. The highest BCUT2D eigenvalue weighted by molar-refractivity contribution is 5.10. The molecule has 0 amide bonds. The standard InChI is InChI=1S/C10H19N/c1-9(2)7-4-5-8(9)10(3,11)6-7/h7-8H,4-6,11H2,1-3H3/t7-,8-,10+/m1/s1. The smallest absolute Gasteiger partial charge is 0.0162 e. The van der Waals surface area contributed by atoms with Crippen LogP contribution in [0, 0.1) is 17.3 Å². The van der Waals surface area contributed by atoms with E-state index in [0.717, 1.165) is 11.8 Å². The second-order valence-corrected chi connectivity index (χ2v) is 5.36. The summed E-state index contributed by atoms with van der Waals surface area (Å²) in [7, 11) is 0. The van der Waals surface area contributed by atoms with Crippen LogP contribution in [0.15, 0.2) is 0 Å². The lowest BCUT2D eigenvalue weighted by Gasteiger charge is -2.32. The molecular formula is C10H19N. The first-order chi connectivity index (χ1) is 4.94. The third kappa shape index (κ3) is 0.807. The van der Waals surface area contributed by atoms with Crippen LogP contribution >= 0.6 is 0 Å². The van der Waals surface area contributed by atoms with E-state index in [9.17, 15) is 0 Å². The molecule has 0 aromatic rings. The topological polar surface area (TPSA) is 26.0 Å². The fourth-order valence-corrected chi connectivity index (χ4v) is 3.61. The molecule has 11 heavy (non-hydrogen) atoms. The van der Waals surface area contributed by atoms with Crippen LogP contribution in [0.5, 0.6) is 0 Å². The zero-order valence-electron chi connectivity index (χ0n) is 7.85. The fourth-order valence-electron chi connectivity index (χ4n) is 3.61. The Labute approximate surface area is 69.4 Å². The molecule has 2 aliphatic carbocycles. The predicted molar refractivity (Wildman–Crippen MR) is 47.2 cm³/mol. The van der Waals surface area contributed by atoms with Gasteiger partial charge in [-0.2, -0.15) is 0 Å². The molecule has 0 aromatic heterocycles. The van der Waals surface area contributed by atoms with Crippen molar-refractivity contribution in [3.8, 4) is 0 Å². The zero-order chi connectivity index (χ0) is 8.28. The highest BCUT2D eigenvalue weighted by atomic mass is 14.8. The van der Waals surface area contributed by atoms with Crippen molar-refractivity contribution in [2.45, 2.75) is 45.6 Å². The third-order valence-corrected chi connectivity index (χ3v) is 4.24. The van der Waals surface area contributed by atoms with Crippen molar-refractivity contribution in [3.63, 3.8) is 0 Å². The Bertz CT molecular complexity index is 181. The summed E-state index contributed by atoms with van der Waals surface area (Å²) < 4.78 is 0. The van der Waals surface area contributed by atoms with E-state index in [1.54, 1.807) is 0 Å². The highest BCUT2D eigenvalue weighted by Gasteiger charge is 2.57. The van der Waals surface area contributed by atoms with Gasteiger partial charge in [0.25, 0.3) is 0 Å². The van der Waals surface area contributed by atoms with Gasteiger partial charge >= 0.3 is 0 Å². The number of hydrogen-bond donors (Lipinski definition) is 1. The molecular weight excluding hydrogens is 134 g/mol. The molecule has 64 valence electrons. The van der Waals surface area contributed by atoms with Gasteiger partial charge in [0.15, 0.2) is 0 Å². The second-order valence-electron chi connectivity index (χ2n) is 5.36. The zero-order valence-corrected chi connectivity index (χ0v) is 7.85. The number of rotatable bonds is 0. The van der Waals surface area contributed by atoms with Crippen LogP contribution in [0.25, 0.3) is 0 Å². The van der Waals surface area contributed by atoms with Crippen molar-refractivity contribution in [1.29, 1.82) is 0 Å². The van der Waals surface area contributed by atoms with Crippen molar-refractivity contribution in [2.24, 2.45) is 23.0 Å². The molecule has 0 unspecified atom stereocenters. The minimum Gasteiger partial charge on any atom is -0.325 e. The van der Waals surface area contributed by atoms with Crippen molar-refractivity contribution in [3.05, 3.63) is 0 Å². The van der Waals surface area contributed by atoms with E-state index in [4.69, 9.17) is 5.73 Å². The average Bonchev–Trinajstić information content (AvgIpc) is 2.15.